The second-order valence-corrected chi connectivity index (χ2v) is 26.8. The fourth-order valence-corrected chi connectivity index (χ4v) is 17.7. The average Bonchev–Trinajstić information content (AvgIpc) is 3.36. The number of ether oxygens (including phenoxy) is 3. The first-order chi connectivity index (χ1) is 33.3. The Morgan fingerprint density at radius 3 is 1.82 bits per heavy atom. The van der Waals surface area contributed by atoms with E-state index in [4.69, 9.17) is 14.2 Å². The van der Waals surface area contributed by atoms with Gasteiger partial charge in [0.15, 0.2) is 0 Å². The van der Waals surface area contributed by atoms with Gasteiger partial charge in [0.2, 0.25) is 0 Å². The second kappa shape index (κ2) is 14.2. The highest BCUT2D eigenvalue weighted by atomic mass is 32.2. The zero-order valence-electron chi connectivity index (χ0n) is 38.1. The second-order valence-electron chi connectivity index (χ2n) is 19.1. The van der Waals surface area contributed by atoms with Crippen molar-refractivity contribution in [1.29, 1.82) is 0 Å². The number of nitrogens with zero attached hydrogens (tertiary/aromatic N) is 2. The van der Waals surface area contributed by atoms with Crippen LogP contribution in [-0.4, -0.2) is 53.2 Å². The summed E-state index contributed by atoms with van der Waals surface area (Å²) in [6, 6.07) is 48.2. The lowest BCUT2D eigenvalue weighted by Crippen LogP contribution is -2.67. The largest absolute Gasteiger partial charge is 0.458 e. The molecular weight excluding hydrogens is 927 g/mol. The van der Waals surface area contributed by atoms with Crippen molar-refractivity contribution in [2.45, 2.75) is 27.8 Å². The molecule has 7 heterocycles. The monoisotopic (exact) mass is 967 g/mol. The fraction of sp³-hybridized carbons (Fsp3) is 0.111. The van der Waals surface area contributed by atoms with Crippen LogP contribution in [0.5, 0.6) is 34.5 Å². The molecule has 0 saturated carbocycles. The summed E-state index contributed by atoms with van der Waals surface area (Å²) in [6.45, 7) is 4.90. The van der Waals surface area contributed by atoms with Crippen LogP contribution in [-0.2, 0) is 0 Å². The van der Waals surface area contributed by atoms with E-state index in [0.717, 1.165) is 78.5 Å². The lowest BCUT2D eigenvalue weighted by atomic mass is 9.30. The zero-order valence-corrected chi connectivity index (χ0v) is 42.4. The SMILES string of the molecule is CSc1cc2c3c(c1)Oc1cc4c(cc1B3c1cc3c(cc1O2)Nc1cc(SC)cc2c1B3c1cccc3c1N2c1ccccc1[Si]3(C)C)B1c2ccccc2Oc2cc(SC)cc(c21)N4SC. The Morgan fingerprint density at radius 2 is 1.04 bits per heavy atom. The summed E-state index contributed by atoms with van der Waals surface area (Å²) in [5.74, 6) is 5.30. The van der Waals surface area contributed by atoms with Gasteiger partial charge in [0.05, 0.1) is 11.4 Å². The molecule has 7 aliphatic rings. The van der Waals surface area contributed by atoms with Crippen molar-refractivity contribution in [1.82, 2.24) is 0 Å². The van der Waals surface area contributed by atoms with Gasteiger partial charge in [-0.25, -0.2) is 0 Å². The van der Waals surface area contributed by atoms with Crippen molar-refractivity contribution in [2.24, 2.45) is 0 Å². The molecule has 0 unspecified atom stereocenters. The number of nitrogens with one attached hydrogen (secondary N) is 1. The molecule has 0 aromatic heterocycles. The Bertz CT molecular complexity index is 3650. The minimum Gasteiger partial charge on any atom is -0.458 e. The van der Waals surface area contributed by atoms with E-state index in [1.807, 2.05) is 0 Å². The molecule has 8 aromatic rings. The Morgan fingerprint density at radius 1 is 0.441 bits per heavy atom. The Labute approximate surface area is 415 Å². The van der Waals surface area contributed by atoms with E-state index >= 15 is 0 Å². The van der Waals surface area contributed by atoms with Crippen LogP contribution in [0.25, 0.3) is 0 Å². The van der Waals surface area contributed by atoms with Crippen LogP contribution >= 0.6 is 47.2 Å². The van der Waals surface area contributed by atoms with E-state index in [1.54, 1.807) is 47.2 Å². The highest BCUT2D eigenvalue weighted by molar-refractivity contribution is 8.00. The Hall–Kier alpha value is -5.63. The number of hydrogen-bond acceptors (Lipinski definition) is 10. The smallest absolute Gasteiger partial charge is 0.260 e. The van der Waals surface area contributed by atoms with Gasteiger partial charge in [-0.05, 0) is 133 Å². The van der Waals surface area contributed by atoms with Crippen LogP contribution in [0.1, 0.15) is 0 Å². The van der Waals surface area contributed by atoms with Crippen LogP contribution < -0.4 is 88.3 Å². The Balaban J connectivity index is 0.978. The van der Waals surface area contributed by atoms with Gasteiger partial charge < -0.3 is 24.4 Å². The molecule has 0 fully saturated rings. The molecule has 0 saturated heterocycles. The van der Waals surface area contributed by atoms with Gasteiger partial charge in [0.1, 0.15) is 42.6 Å². The molecule has 15 rings (SSSR count). The van der Waals surface area contributed by atoms with E-state index in [1.165, 1.54) is 70.0 Å². The molecule has 1 N–H and O–H groups in total. The first-order valence-electron chi connectivity index (χ1n) is 23.0. The number of anilines is 7. The first kappa shape index (κ1) is 40.3. The third kappa shape index (κ3) is 5.20. The van der Waals surface area contributed by atoms with Crippen LogP contribution in [0, 0.1) is 0 Å². The van der Waals surface area contributed by atoms with Gasteiger partial charge in [-0.3, -0.25) is 4.31 Å². The highest BCUT2D eigenvalue weighted by Gasteiger charge is 2.50. The van der Waals surface area contributed by atoms with E-state index in [9.17, 15) is 0 Å². The van der Waals surface area contributed by atoms with Crippen molar-refractivity contribution in [2.75, 3.05) is 39.5 Å². The normalized spacial score (nSPS) is 15.6. The third-order valence-corrected chi connectivity index (χ3v) is 22.0. The molecule has 0 amide bonds. The summed E-state index contributed by atoms with van der Waals surface area (Å²) >= 11 is 6.99. The molecule has 0 radical (unpaired) electrons. The fourth-order valence-electron chi connectivity index (χ4n) is 12.7. The van der Waals surface area contributed by atoms with Crippen LogP contribution in [0.15, 0.2) is 142 Å². The van der Waals surface area contributed by atoms with Crippen LogP contribution in [0.3, 0.4) is 0 Å². The summed E-state index contributed by atoms with van der Waals surface area (Å²) in [7, 11) is -2.08. The molecule has 7 aliphatic heterocycles. The predicted molar refractivity (Wildman–Crippen MR) is 299 cm³/mol. The maximum atomic E-state index is 7.16. The molecule has 0 aliphatic carbocycles. The molecule has 68 heavy (non-hydrogen) atoms. The molecule has 8 aromatic carbocycles. The highest BCUT2D eigenvalue weighted by Crippen LogP contribution is 2.47. The molecule has 14 heteroatoms. The van der Waals surface area contributed by atoms with E-state index in [2.05, 4.69) is 180 Å². The molecule has 0 spiro atoms. The maximum absolute atomic E-state index is 7.16. The molecule has 6 nitrogen and oxygen atoms in total. The number of thioether (sulfide) groups is 3. The van der Waals surface area contributed by atoms with Crippen LogP contribution in [0.2, 0.25) is 13.1 Å². The lowest BCUT2D eigenvalue weighted by Gasteiger charge is -2.48. The standard InChI is InChI=1S/C54H40B3N3O3S4Si/c1-64-28-18-38-51-41(19-28)59-39-14-8-10-16-49(39)68(5,6)50-17-11-13-32(54(50)59)56(51)33-24-35-44(26-37(33)58-38)62-47-22-30(66-3)23-48-53(47)57(35)36-25-34-40(27-45(36)63-48)60(67-4)42-20-29(65-2)21-46-52(42)55(34)31-12-7-9-15-43(31)61-46/h7-27,58H,1-6H3. The quantitative estimate of drug-likeness (QED) is 0.110. The molecule has 0 bridgehead atoms. The van der Waals surface area contributed by atoms with Crippen molar-refractivity contribution in [3.05, 3.63) is 127 Å². The summed E-state index contributed by atoms with van der Waals surface area (Å²) < 4.78 is 23.5. The van der Waals surface area contributed by atoms with Gasteiger partial charge in [-0.2, -0.15) is 0 Å². The third-order valence-electron chi connectivity index (χ3n) is 15.6. The minimum absolute atomic E-state index is 0.0104. The molecule has 326 valence electrons. The van der Waals surface area contributed by atoms with Crippen molar-refractivity contribution in [3.8, 4) is 34.5 Å². The minimum atomic E-state index is -2.08. The first-order valence-corrected chi connectivity index (χ1v) is 30.9. The van der Waals surface area contributed by atoms with Crippen molar-refractivity contribution < 1.29 is 14.2 Å². The average molecular weight is 968 g/mol. The van der Waals surface area contributed by atoms with Crippen molar-refractivity contribution in [3.63, 3.8) is 0 Å². The number of hydrogen-bond donors (Lipinski definition) is 1. The van der Waals surface area contributed by atoms with E-state index in [-0.39, 0.29) is 20.1 Å². The van der Waals surface area contributed by atoms with Gasteiger partial charge in [0.25, 0.3) is 20.1 Å². The molecule has 0 atom stereocenters. The zero-order chi connectivity index (χ0) is 45.5. The summed E-state index contributed by atoms with van der Waals surface area (Å²) in [5, 5.41) is 6.99. The number of para-hydroxylation sites is 3. The van der Waals surface area contributed by atoms with E-state index < -0.39 is 8.07 Å². The maximum Gasteiger partial charge on any atom is 0.260 e. The van der Waals surface area contributed by atoms with Gasteiger partial charge in [-0.1, -0.05) is 79.8 Å². The number of fused-ring (bicyclic) bond motifs is 14. The van der Waals surface area contributed by atoms with Gasteiger partial charge >= 0.3 is 0 Å². The number of benzene rings is 8. The predicted octanol–water partition coefficient (Wildman–Crippen LogP) is 7.42. The lowest BCUT2D eigenvalue weighted by molar-refractivity contribution is 0.462. The summed E-state index contributed by atoms with van der Waals surface area (Å²) in [4.78, 5) is 6.12. The summed E-state index contributed by atoms with van der Waals surface area (Å²) in [6.07, 6.45) is 8.61. The number of rotatable bonds is 4. The van der Waals surface area contributed by atoms with Gasteiger partial charge in [0, 0.05) is 67.0 Å². The van der Waals surface area contributed by atoms with Crippen LogP contribution in [0.4, 0.5) is 39.8 Å². The van der Waals surface area contributed by atoms with Gasteiger partial charge in [-0.15, -0.1) is 35.3 Å². The summed E-state index contributed by atoms with van der Waals surface area (Å²) in [5.41, 5.74) is 19.5. The van der Waals surface area contributed by atoms with Crippen molar-refractivity contribution >= 4 is 175 Å². The Kier molecular flexibility index (Phi) is 8.43. The topological polar surface area (TPSA) is 46.2 Å². The van der Waals surface area contributed by atoms with E-state index in [0.29, 0.717) is 0 Å². The molecular formula is C54H40B3N3O3S4Si.